The summed E-state index contributed by atoms with van der Waals surface area (Å²) in [6, 6.07) is 12.0. The summed E-state index contributed by atoms with van der Waals surface area (Å²) in [5, 5.41) is 8.78. The Labute approximate surface area is 173 Å². The second-order valence-corrected chi connectivity index (χ2v) is 8.47. The number of amides is 1. The van der Waals surface area contributed by atoms with Crippen LogP contribution in [0.1, 0.15) is 48.0 Å². The molecule has 4 rings (SSSR count). The van der Waals surface area contributed by atoms with Gasteiger partial charge in [-0.05, 0) is 57.7 Å². The summed E-state index contributed by atoms with van der Waals surface area (Å²) in [6.45, 7) is 4.21. The predicted octanol–water partition coefficient (Wildman–Crippen LogP) is 4.25. The molecule has 152 valence electrons. The van der Waals surface area contributed by atoms with E-state index in [-0.39, 0.29) is 23.8 Å². The molecule has 2 aromatic heterocycles. The van der Waals surface area contributed by atoms with Crippen molar-refractivity contribution >= 4 is 33.4 Å². The minimum atomic E-state index is -0.109. The molecule has 3 aromatic rings. The Morgan fingerprint density at radius 3 is 2.62 bits per heavy atom. The first-order valence-corrected chi connectivity index (χ1v) is 10.9. The molecule has 1 fully saturated rings. The average molecular weight is 412 g/mol. The Hall–Kier alpha value is -2.67. The summed E-state index contributed by atoms with van der Waals surface area (Å²) in [5.74, 6) is -0.195. The minimum Gasteiger partial charge on any atom is -0.466 e. The van der Waals surface area contributed by atoms with Crippen molar-refractivity contribution in [2.75, 3.05) is 6.61 Å². The van der Waals surface area contributed by atoms with Gasteiger partial charge < -0.3 is 10.1 Å². The lowest BCUT2D eigenvalue weighted by molar-refractivity contribution is -0.149. The van der Waals surface area contributed by atoms with Gasteiger partial charge in [0.15, 0.2) is 0 Å². The van der Waals surface area contributed by atoms with E-state index in [9.17, 15) is 9.59 Å². The molecule has 0 atom stereocenters. The van der Waals surface area contributed by atoms with E-state index < -0.39 is 0 Å². The summed E-state index contributed by atoms with van der Waals surface area (Å²) in [6.07, 6.45) is 3.13. The molecule has 29 heavy (non-hydrogen) atoms. The third-order valence-corrected chi connectivity index (χ3v) is 6.56. The number of para-hydroxylation sites is 1. The lowest BCUT2D eigenvalue weighted by Crippen LogP contribution is -2.38. The topological polar surface area (TPSA) is 73.2 Å². The standard InChI is InChI=1S/C22H25N3O3S/c1-3-28-22(27)15-9-11-16(12-10-15)23-20(26)19-13-18-14(2)24-25(21(18)29-19)17-7-5-4-6-8-17/h4-8,13,15-16H,3,9-12H2,1-2H3,(H,23,26). The average Bonchev–Trinajstić information content (AvgIpc) is 3.30. The van der Waals surface area contributed by atoms with Gasteiger partial charge >= 0.3 is 5.97 Å². The highest BCUT2D eigenvalue weighted by Gasteiger charge is 2.28. The Morgan fingerprint density at radius 2 is 1.93 bits per heavy atom. The van der Waals surface area contributed by atoms with E-state index in [1.54, 1.807) is 0 Å². The van der Waals surface area contributed by atoms with Gasteiger partial charge in [0.25, 0.3) is 5.91 Å². The Bertz CT molecular complexity index is 1020. The molecule has 1 aliphatic carbocycles. The number of rotatable bonds is 5. The van der Waals surface area contributed by atoms with Crippen LogP contribution in [0.25, 0.3) is 15.9 Å². The van der Waals surface area contributed by atoms with Crippen molar-refractivity contribution in [3.8, 4) is 5.69 Å². The lowest BCUT2D eigenvalue weighted by atomic mass is 9.86. The smallest absolute Gasteiger partial charge is 0.308 e. The van der Waals surface area contributed by atoms with Crippen molar-refractivity contribution in [2.45, 2.75) is 45.6 Å². The number of ether oxygens (including phenoxy) is 1. The molecule has 0 unspecified atom stereocenters. The summed E-state index contributed by atoms with van der Waals surface area (Å²) in [4.78, 5) is 26.4. The normalized spacial score (nSPS) is 19.2. The van der Waals surface area contributed by atoms with Gasteiger partial charge in [0.1, 0.15) is 4.83 Å². The number of aryl methyl sites for hydroxylation is 1. The molecular formula is C22H25N3O3S. The maximum Gasteiger partial charge on any atom is 0.308 e. The first-order chi connectivity index (χ1) is 14.1. The van der Waals surface area contributed by atoms with E-state index in [2.05, 4.69) is 10.4 Å². The minimum absolute atomic E-state index is 0.0352. The van der Waals surface area contributed by atoms with E-state index in [0.29, 0.717) is 11.5 Å². The highest BCUT2D eigenvalue weighted by atomic mass is 32.1. The third-order valence-electron chi connectivity index (χ3n) is 5.45. The highest BCUT2D eigenvalue weighted by Crippen LogP contribution is 2.31. The first kappa shape index (κ1) is 19.6. The summed E-state index contributed by atoms with van der Waals surface area (Å²) in [7, 11) is 0. The molecule has 1 aliphatic rings. The van der Waals surface area contributed by atoms with Crippen molar-refractivity contribution in [1.82, 2.24) is 15.1 Å². The number of nitrogens with zero attached hydrogens (tertiary/aromatic N) is 2. The predicted molar refractivity (Wildman–Crippen MR) is 114 cm³/mol. The number of esters is 1. The van der Waals surface area contributed by atoms with Crippen LogP contribution >= 0.6 is 11.3 Å². The van der Waals surface area contributed by atoms with E-state index in [1.807, 2.05) is 54.9 Å². The molecule has 0 aliphatic heterocycles. The zero-order valence-corrected chi connectivity index (χ0v) is 17.5. The largest absolute Gasteiger partial charge is 0.466 e. The zero-order chi connectivity index (χ0) is 20.4. The summed E-state index contributed by atoms with van der Waals surface area (Å²) >= 11 is 1.46. The van der Waals surface area contributed by atoms with Crippen molar-refractivity contribution in [3.05, 3.63) is 47.0 Å². The van der Waals surface area contributed by atoms with Crippen LogP contribution < -0.4 is 5.32 Å². The summed E-state index contributed by atoms with van der Waals surface area (Å²) in [5.41, 5.74) is 1.89. The molecule has 1 saturated carbocycles. The Balaban J connectivity index is 1.45. The van der Waals surface area contributed by atoms with Gasteiger partial charge in [-0.2, -0.15) is 5.10 Å². The van der Waals surface area contributed by atoms with Crippen LogP contribution in [0.3, 0.4) is 0 Å². The van der Waals surface area contributed by atoms with Crippen LogP contribution in [-0.2, 0) is 9.53 Å². The number of fused-ring (bicyclic) bond motifs is 1. The molecule has 0 saturated heterocycles. The number of aromatic nitrogens is 2. The molecule has 1 amide bonds. The highest BCUT2D eigenvalue weighted by molar-refractivity contribution is 7.20. The second-order valence-electron chi connectivity index (χ2n) is 7.44. The molecule has 1 aromatic carbocycles. The third kappa shape index (κ3) is 4.05. The molecule has 0 bridgehead atoms. The molecule has 1 N–H and O–H groups in total. The van der Waals surface area contributed by atoms with Gasteiger partial charge in [-0.1, -0.05) is 18.2 Å². The van der Waals surface area contributed by atoms with Crippen LogP contribution in [0.2, 0.25) is 0 Å². The quantitative estimate of drug-likeness (QED) is 0.637. The molecule has 2 heterocycles. The van der Waals surface area contributed by atoms with E-state index in [4.69, 9.17) is 4.74 Å². The molecular weight excluding hydrogens is 386 g/mol. The number of carbonyl (C=O) groups excluding carboxylic acids is 2. The zero-order valence-electron chi connectivity index (χ0n) is 16.7. The fourth-order valence-electron chi connectivity index (χ4n) is 3.89. The van der Waals surface area contributed by atoms with Crippen molar-refractivity contribution in [3.63, 3.8) is 0 Å². The molecule has 0 radical (unpaired) electrons. The maximum atomic E-state index is 12.8. The van der Waals surface area contributed by atoms with Crippen molar-refractivity contribution in [2.24, 2.45) is 5.92 Å². The van der Waals surface area contributed by atoms with Crippen molar-refractivity contribution < 1.29 is 14.3 Å². The fraction of sp³-hybridized carbons (Fsp3) is 0.409. The fourth-order valence-corrected chi connectivity index (χ4v) is 4.98. The van der Waals surface area contributed by atoms with Gasteiger partial charge in [-0.15, -0.1) is 11.3 Å². The van der Waals surface area contributed by atoms with Crippen LogP contribution in [0.4, 0.5) is 0 Å². The van der Waals surface area contributed by atoms with Crippen LogP contribution in [0, 0.1) is 12.8 Å². The summed E-state index contributed by atoms with van der Waals surface area (Å²) < 4.78 is 7.02. The monoisotopic (exact) mass is 411 g/mol. The van der Waals surface area contributed by atoms with Crippen LogP contribution in [0.5, 0.6) is 0 Å². The van der Waals surface area contributed by atoms with Gasteiger partial charge in [0.2, 0.25) is 0 Å². The molecule has 6 nitrogen and oxygen atoms in total. The number of benzene rings is 1. The van der Waals surface area contributed by atoms with Crippen LogP contribution in [0.15, 0.2) is 36.4 Å². The second kappa shape index (κ2) is 8.37. The maximum absolute atomic E-state index is 12.8. The number of thiophene rings is 1. The lowest BCUT2D eigenvalue weighted by Gasteiger charge is -2.27. The molecule has 0 spiro atoms. The van der Waals surface area contributed by atoms with Crippen molar-refractivity contribution in [1.29, 1.82) is 0 Å². The van der Waals surface area contributed by atoms with E-state index in [1.165, 1.54) is 11.3 Å². The Kier molecular flexibility index (Phi) is 5.67. The number of hydrogen-bond acceptors (Lipinski definition) is 5. The van der Waals surface area contributed by atoms with Gasteiger partial charge in [-0.3, -0.25) is 9.59 Å². The SMILES string of the molecule is CCOC(=O)C1CCC(NC(=O)c2cc3c(C)nn(-c4ccccc4)c3s2)CC1. The first-order valence-electron chi connectivity index (χ1n) is 10.1. The van der Waals surface area contributed by atoms with E-state index >= 15 is 0 Å². The van der Waals surface area contributed by atoms with Gasteiger partial charge in [0.05, 0.1) is 28.8 Å². The number of carbonyl (C=O) groups is 2. The van der Waals surface area contributed by atoms with E-state index in [0.717, 1.165) is 47.3 Å². The van der Waals surface area contributed by atoms with Gasteiger partial charge in [0, 0.05) is 11.4 Å². The number of nitrogens with one attached hydrogen (secondary N) is 1. The number of hydrogen-bond donors (Lipinski definition) is 1. The van der Waals surface area contributed by atoms with Crippen LogP contribution in [-0.4, -0.2) is 34.3 Å². The Morgan fingerprint density at radius 1 is 1.21 bits per heavy atom. The molecule has 7 heteroatoms. The van der Waals surface area contributed by atoms with Gasteiger partial charge in [-0.25, -0.2) is 4.68 Å².